The standard InChI is InChI=1S/C28H30N2O2/c1-2-3-4-12-21-32-26-18-11-9-16-24(26)27-29-25-17-10-8-15-23(25)28(31)30(27)20-19-22-13-6-5-7-14-22/h5-11,13-18H,2-4,12,19-21H2,1H3. The highest BCUT2D eigenvalue weighted by molar-refractivity contribution is 5.80. The molecule has 0 saturated carbocycles. The maximum Gasteiger partial charge on any atom is 0.261 e. The predicted molar refractivity (Wildman–Crippen MR) is 131 cm³/mol. The highest BCUT2D eigenvalue weighted by atomic mass is 16.5. The molecule has 164 valence electrons. The summed E-state index contributed by atoms with van der Waals surface area (Å²) in [5, 5.41) is 0.641. The van der Waals surface area contributed by atoms with Crippen molar-refractivity contribution >= 4 is 10.9 Å². The third kappa shape index (κ3) is 5.08. The molecule has 0 unspecified atom stereocenters. The molecule has 1 heterocycles. The molecule has 4 aromatic rings. The predicted octanol–water partition coefficient (Wildman–Crippen LogP) is 6.27. The minimum Gasteiger partial charge on any atom is -0.493 e. The molecule has 4 nitrogen and oxygen atoms in total. The van der Waals surface area contributed by atoms with Gasteiger partial charge in [-0.25, -0.2) is 4.98 Å². The topological polar surface area (TPSA) is 44.1 Å². The van der Waals surface area contributed by atoms with Crippen molar-refractivity contribution < 1.29 is 4.74 Å². The van der Waals surface area contributed by atoms with Gasteiger partial charge in [0.25, 0.3) is 5.56 Å². The van der Waals surface area contributed by atoms with Crippen molar-refractivity contribution in [2.24, 2.45) is 0 Å². The molecular formula is C28H30N2O2. The van der Waals surface area contributed by atoms with Crippen LogP contribution in [0.1, 0.15) is 38.2 Å². The third-order valence-electron chi connectivity index (χ3n) is 5.71. The number of fused-ring (bicyclic) bond motifs is 1. The van der Waals surface area contributed by atoms with Crippen LogP contribution in [0.15, 0.2) is 83.7 Å². The molecule has 32 heavy (non-hydrogen) atoms. The van der Waals surface area contributed by atoms with E-state index in [1.807, 2.05) is 66.7 Å². The number of rotatable bonds is 10. The van der Waals surface area contributed by atoms with Crippen LogP contribution in [-0.4, -0.2) is 16.2 Å². The molecule has 1 aromatic heterocycles. The van der Waals surface area contributed by atoms with E-state index in [1.165, 1.54) is 18.4 Å². The number of hydrogen-bond donors (Lipinski definition) is 0. The molecule has 0 radical (unpaired) electrons. The number of hydrogen-bond acceptors (Lipinski definition) is 3. The van der Waals surface area contributed by atoms with Crippen molar-refractivity contribution in [1.82, 2.24) is 9.55 Å². The number of ether oxygens (including phenoxy) is 1. The van der Waals surface area contributed by atoms with Gasteiger partial charge in [-0.15, -0.1) is 0 Å². The Labute approximate surface area is 189 Å². The van der Waals surface area contributed by atoms with E-state index < -0.39 is 0 Å². The van der Waals surface area contributed by atoms with Crippen molar-refractivity contribution in [3.63, 3.8) is 0 Å². The van der Waals surface area contributed by atoms with Gasteiger partial charge in [0.15, 0.2) is 0 Å². The molecule has 0 aliphatic carbocycles. The largest absolute Gasteiger partial charge is 0.493 e. The Hall–Kier alpha value is -3.40. The van der Waals surface area contributed by atoms with Crippen molar-refractivity contribution in [3.05, 3.63) is 94.8 Å². The first-order valence-corrected chi connectivity index (χ1v) is 11.5. The summed E-state index contributed by atoms with van der Waals surface area (Å²) in [6.45, 7) is 3.43. The van der Waals surface area contributed by atoms with Crippen LogP contribution in [0.2, 0.25) is 0 Å². The Bertz CT molecular complexity index is 1220. The SMILES string of the molecule is CCCCCCOc1ccccc1-c1nc2ccccc2c(=O)n1CCc1ccccc1. The molecule has 0 fully saturated rings. The van der Waals surface area contributed by atoms with Crippen LogP contribution in [0, 0.1) is 0 Å². The fraction of sp³-hybridized carbons (Fsp3) is 0.286. The van der Waals surface area contributed by atoms with E-state index in [2.05, 4.69) is 19.1 Å². The molecule has 0 aliphatic heterocycles. The van der Waals surface area contributed by atoms with E-state index in [0.29, 0.717) is 29.9 Å². The fourth-order valence-electron chi connectivity index (χ4n) is 3.95. The summed E-state index contributed by atoms with van der Waals surface area (Å²) < 4.78 is 7.95. The number of para-hydroxylation sites is 2. The van der Waals surface area contributed by atoms with Gasteiger partial charge in [-0.05, 0) is 42.7 Å². The minimum atomic E-state index is -0.0146. The number of aromatic nitrogens is 2. The van der Waals surface area contributed by atoms with Crippen molar-refractivity contribution in [2.45, 2.75) is 45.6 Å². The van der Waals surface area contributed by atoms with Gasteiger partial charge < -0.3 is 4.74 Å². The van der Waals surface area contributed by atoms with E-state index in [-0.39, 0.29) is 5.56 Å². The van der Waals surface area contributed by atoms with Crippen LogP contribution >= 0.6 is 0 Å². The van der Waals surface area contributed by atoms with Gasteiger partial charge >= 0.3 is 0 Å². The molecule has 0 atom stereocenters. The van der Waals surface area contributed by atoms with Crippen molar-refractivity contribution in [2.75, 3.05) is 6.61 Å². The van der Waals surface area contributed by atoms with E-state index in [1.54, 1.807) is 4.57 Å². The number of unbranched alkanes of at least 4 members (excludes halogenated alkanes) is 3. The van der Waals surface area contributed by atoms with Crippen molar-refractivity contribution in [1.29, 1.82) is 0 Å². The second kappa shape index (κ2) is 10.8. The number of nitrogens with zero attached hydrogens (tertiary/aromatic N) is 2. The molecule has 0 N–H and O–H groups in total. The Balaban J connectivity index is 1.72. The zero-order valence-electron chi connectivity index (χ0n) is 18.7. The average Bonchev–Trinajstić information content (AvgIpc) is 2.84. The zero-order valence-corrected chi connectivity index (χ0v) is 18.7. The van der Waals surface area contributed by atoms with Gasteiger partial charge in [-0.3, -0.25) is 9.36 Å². The summed E-state index contributed by atoms with van der Waals surface area (Å²) in [5.41, 5.74) is 2.75. The van der Waals surface area contributed by atoms with Gasteiger partial charge in [0.2, 0.25) is 0 Å². The maximum absolute atomic E-state index is 13.5. The highest BCUT2D eigenvalue weighted by Gasteiger charge is 2.16. The molecule has 3 aromatic carbocycles. The van der Waals surface area contributed by atoms with Gasteiger partial charge in [-0.2, -0.15) is 0 Å². The molecular weight excluding hydrogens is 396 g/mol. The van der Waals surface area contributed by atoms with Gasteiger partial charge in [0.05, 0.1) is 23.1 Å². The summed E-state index contributed by atoms with van der Waals surface area (Å²) in [6, 6.07) is 25.7. The average molecular weight is 427 g/mol. The molecule has 0 bridgehead atoms. The van der Waals surface area contributed by atoms with E-state index in [4.69, 9.17) is 9.72 Å². The van der Waals surface area contributed by atoms with Crippen molar-refractivity contribution in [3.8, 4) is 17.1 Å². The summed E-state index contributed by atoms with van der Waals surface area (Å²) in [7, 11) is 0. The molecule has 4 heteroatoms. The Morgan fingerprint density at radius 1 is 0.844 bits per heavy atom. The highest BCUT2D eigenvalue weighted by Crippen LogP contribution is 2.29. The second-order valence-corrected chi connectivity index (χ2v) is 8.05. The summed E-state index contributed by atoms with van der Waals surface area (Å²) in [4.78, 5) is 18.4. The molecule has 0 amide bonds. The lowest BCUT2D eigenvalue weighted by molar-refractivity contribution is 0.306. The Morgan fingerprint density at radius 3 is 2.44 bits per heavy atom. The van der Waals surface area contributed by atoms with Crippen LogP contribution in [0.4, 0.5) is 0 Å². The molecule has 0 spiro atoms. The van der Waals surface area contributed by atoms with Crippen LogP contribution < -0.4 is 10.3 Å². The van der Waals surface area contributed by atoms with E-state index in [0.717, 1.165) is 30.6 Å². The normalized spacial score (nSPS) is 11.0. The molecule has 0 aliphatic rings. The molecule has 0 saturated heterocycles. The Kier molecular flexibility index (Phi) is 7.34. The molecule has 4 rings (SSSR count). The monoisotopic (exact) mass is 426 g/mol. The number of aryl methyl sites for hydroxylation is 1. The third-order valence-corrected chi connectivity index (χ3v) is 5.71. The maximum atomic E-state index is 13.5. The first-order chi connectivity index (χ1) is 15.8. The minimum absolute atomic E-state index is 0.0146. The quantitative estimate of drug-likeness (QED) is 0.281. The van der Waals surface area contributed by atoms with Gasteiger partial charge in [-0.1, -0.05) is 80.8 Å². The number of benzene rings is 3. The van der Waals surface area contributed by atoms with E-state index >= 15 is 0 Å². The van der Waals surface area contributed by atoms with Gasteiger partial charge in [0.1, 0.15) is 11.6 Å². The lowest BCUT2D eigenvalue weighted by Crippen LogP contribution is -2.24. The first-order valence-electron chi connectivity index (χ1n) is 11.5. The smallest absolute Gasteiger partial charge is 0.261 e. The first kappa shape index (κ1) is 21.8. The van der Waals surface area contributed by atoms with Crippen LogP contribution in [0.25, 0.3) is 22.3 Å². The summed E-state index contributed by atoms with van der Waals surface area (Å²) >= 11 is 0. The summed E-state index contributed by atoms with van der Waals surface area (Å²) in [5.74, 6) is 1.44. The van der Waals surface area contributed by atoms with Gasteiger partial charge in [0, 0.05) is 6.54 Å². The van der Waals surface area contributed by atoms with E-state index in [9.17, 15) is 4.79 Å². The lowest BCUT2D eigenvalue weighted by Gasteiger charge is -2.17. The van der Waals surface area contributed by atoms with Crippen LogP contribution in [-0.2, 0) is 13.0 Å². The zero-order chi connectivity index (χ0) is 22.2. The van der Waals surface area contributed by atoms with Crippen LogP contribution in [0.3, 0.4) is 0 Å². The fourth-order valence-corrected chi connectivity index (χ4v) is 3.95. The summed E-state index contributed by atoms with van der Waals surface area (Å²) in [6.07, 6.45) is 5.36. The Morgan fingerprint density at radius 2 is 1.59 bits per heavy atom. The second-order valence-electron chi connectivity index (χ2n) is 8.05. The van der Waals surface area contributed by atoms with Crippen LogP contribution in [0.5, 0.6) is 5.75 Å². The lowest BCUT2D eigenvalue weighted by atomic mass is 10.1.